The van der Waals surface area contributed by atoms with Crippen LogP contribution in [0.25, 0.3) is 0 Å². The van der Waals surface area contributed by atoms with Crippen molar-refractivity contribution in [2.24, 2.45) is 10.3 Å². The molecule has 1 aromatic carbocycles. The van der Waals surface area contributed by atoms with E-state index in [0.29, 0.717) is 11.1 Å². The number of phenols is 1. The van der Waals surface area contributed by atoms with Crippen molar-refractivity contribution in [3.8, 4) is 5.75 Å². The van der Waals surface area contributed by atoms with E-state index in [-0.39, 0.29) is 11.2 Å². The molecule has 5 nitrogen and oxygen atoms in total. The van der Waals surface area contributed by atoms with Crippen molar-refractivity contribution in [3.63, 3.8) is 0 Å². The van der Waals surface area contributed by atoms with Gasteiger partial charge < -0.3 is 15.5 Å². The largest absolute Gasteiger partial charge is 0.507 e. The molecule has 1 aromatic rings. The van der Waals surface area contributed by atoms with Gasteiger partial charge in [0.25, 0.3) is 0 Å². The van der Waals surface area contributed by atoms with Crippen molar-refractivity contribution < 1.29 is 15.5 Å². The summed E-state index contributed by atoms with van der Waals surface area (Å²) in [6, 6.07) is 3.45. The molecule has 0 amide bonds. The van der Waals surface area contributed by atoms with Crippen LogP contribution in [0.3, 0.4) is 0 Å². The van der Waals surface area contributed by atoms with Crippen LogP contribution in [0.1, 0.15) is 37.5 Å². The molecule has 0 fully saturated rings. The predicted octanol–water partition coefficient (Wildman–Crippen LogP) is 2.31. The maximum Gasteiger partial charge on any atom is 0.133 e. The van der Waals surface area contributed by atoms with Gasteiger partial charge >= 0.3 is 0 Å². The van der Waals surface area contributed by atoms with Crippen LogP contribution >= 0.6 is 0 Å². The summed E-state index contributed by atoms with van der Waals surface area (Å²) in [5.74, 6) is -0.0893. The summed E-state index contributed by atoms with van der Waals surface area (Å²) in [6.45, 7) is 6.04. The molecule has 0 unspecified atom stereocenters. The molecule has 0 saturated carbocycles. The second-order valence-electron chi connectivity index (χ2n) is 4.74. The van der Waals surface area contributed by atoms with Crippen LogP contribution in [0.2, 0.25) is 0 Å². The highest BCUT2D eigenvalue weighted by Gasteiger charge is 2.17. The number of hydrogen-bond acceptors (Lipinski definition) is 5. The number of nitrogens with zero attached hydrogens (tertiary/aromatic N) is 2. The molecule has 0 aliphatic heterocycles. The van der Waals surface area contributed by atoms with Crippen LogP contribution in [-0.4, -0.2) is 28.0 Å². The van der Waals surface area contributed by atoms with Gasteiger partial charge in [0.15, 0.2) is 0 Å². The molecule has 17 heavy (non-hydrogen) atoms. The molecule has 0 heterocycles. The second kappa shape index (κ2) is 4.86. The Hall–Kier alpha value is -2.04. The summed E-state index contributed by atoms with van der Waals surface area (Å²) >= 11 is 0. The highest BCUT2D eigenvalue weighted by molar-refractivity contribution is 5.92. The molecular formula is C12H16N2O3. The van der Waals surface area contributed by atoms with Crippen LogP contribution in [0.5, 0.6) is 5.75 Å². The topological polar surface area (TPSA) is 85.4 Å². The van der Waals surface area contributed by atoms with Crippen LogP contribution < -0.4 is 0 Å². The Morgan fingerprint density at radius 3 is 1.71 bits per heavy atom. The fourth-order valence-corrected chi connectivity index (χ4v) is 1.43. The Bertz CT molecular complexity index is 426. The Morgan fingerprint density at radius 2 is 1.41 bits per heavy atom. The first kappa shape index (κ1) is 13.0. The zero-order valence-corrected chi connectivity index (χ0v) is 10.0. The summed E-state index contributed by atoms with van der Waals surface area (Å²) < 4.78 is 0. The lowest BCUT2D eigenvalue weighted by molar-refractivity contribution is 0.321. The normalized spacial score (nSPS) is 12.6. The minimum absolute atomic E-state index is 0.0893. The van der Waals surface area contributed by atoms with Crippen molar-refractivity contribution in [2.45, 2.75) is 26.2 Å². The average molecular weight is 236 g/mol. The molecule has 3 N–H and O–H groups in total. The van der Waals surface area contributed by atoms with Gasteiger partial charge in [-0.05, 0) is 23.1 Å². The van der Waals surface area contributed by atoms with Gasteiger partial charge in [-0.2, -0.15) is 0 Å². The van der Waals surface area contributed by atoms with E-state index in [1.54, 1.807) is 12.1 Å². The SMILES string of the molecule is CC(C)(C)c1cc(/C=N/O)c(O)c(/C=N/O)c1. The smallest absolute Gasteiger partial charge is 0.133 e. The van der Waals surface area contributed by atoms with Gasteiger partial charge in [-0.25, -0.2) is 0 Å². The highest BCUT2D eigenvalue weighted by atomic mass is 16.4. The zero-order valence-electron chi connectivity index (χ0n) is 10.0. The van der Waals surface area contributed by atoms with Gasteiger partial charge in [0.1, 0.15) is 5.75 Å². The van der Waals surface area contributed by atoms with Crippen molar-refractivity contribution in [2.75, 3.05) is 0 Å². The Labute approximate surface area is 99.7 Å². The van der Waals surface area contributed by atoms with Crippen LogP contribution in [0.4, 0.5) is 0 Å². The van der Waals surface area contributed by atoms with Gasteiger partial charge in [0.05, 0.1) is 12.4 Å². The Balaban J connectivity index is 3.47. The molecule has 0 atom stereocenters. The zero-order chi connectivity index (χ0) is 13.1. The summed E-state index contributed by atoms with van der Waals surface area (Å²) in [5, 5.41) is 32.7. The van der Waals surface area contributed by atoms with Crippen molar-refractivity contribution >= 4 is 12.4 Å². The quantitative estimate of drug-likeness (QED) is 0.418. The number of aromatic hydroxyl groups is 1. The first-order chi connectivity index (χ1) is 7.90. The minimum atomic E-state index is -0.135. The summed E-state index contributed by atoms with van der Waals surface area (Å²) in [5.41, 5.74) is 1.54. The fraction of sp³-hybridized carbons (Fsp3) is 0.333. The summed E-state index contributed by atoms with van der Waals surface area (Å²) in [7, 11) is 0. The Kier molecular flexibility index (Phi) is 3.73. The molecule has 0 radical (unpaired) electrons. The van der Waals surface area contributed by atoms with Crippen molar-refractivity contribution in [3.05, 3.63) is 28.8 Å². The summed E-state index contributed by atoms with van der Waals surface area (Å²) in [4.78, 5) is 0. The predicted molar refractivity (Wildman–Crippen MR) is 65.6 cm³/mol. The van der Waals surface area contributed by atoms with E-state index in [1.165, 1.54) is 0 Å². The lowest BCUT2D eigenvalue weighted by Crippen LogP contribution is -2.12. The maximum absolute atomic E-state index is 9.84. The molecule has 0 saturated heterocycles. The van der Waals surface area contributed by atoms with E-state index in [9.17, 15) is 5.11 Å². The maximum atomic E-state index is 9.84. The molecule has 0 aliphatic carbocycles. The number of benzene rings is 1. The molecular weight excluding hydrogens is 220 g/mol. The van der Waals surface area contributed by atoms with Crippen LogP contribution in [-0.2, 0) is 5.41 Å². The van der Waals surface area contributed by atoms with Crippen molar-refractivity contribution in [1.82, 2.24) is 0 Å². The number of oxime groups is 2. The fourth-order valence-electron chi connectivity index (χ4n) is 1.43. The van der Waals surface area contributed by atoms with Gasteiger partial charge in [0.2, 0.25) is 0 Å². The van der Waals surface area contributed by atoms with E-state index in [2.05, 4.69) is 10.3 Å². The monoisotopic (exact) mass is 236 g/mol. The van der Waals surface area contributed by atoms with Gasteiger partial charge in [-0.1, -0.05) is 31.1 Å². The van der Waals surface area contributed by atoms with Gasteiger partial charge in [-0.3, -0.25) is 0 Å². The van der Waals surface area contributed by atoms with E-state index in [1.807, 2.05) is 20.8 Å². The molecule has 0 bridgehead atoms. The first-order valence-electron chi connectivity index (χ1n) is 5.12. The number of hydrogen-bond donors (Lipinski definition) is 3. The van der Waals surface area contributed by atoms with Crippen LogP contribution in [0, 0.1) is 0 Å². The van der Waals surface area contributed by atoms with Gasteiger partial charge in [-0.15, -0.1) is 0 Å². The summed E-state index contributed by atoms with van der Waals surface area (Å²) in [6.07, 6.45) is 2.28. The minimum Gasteiger partial charge on any atom is -0.507 e. The molecule has 0 aliphatic rings. The lowest BCUT2D eigenvalue weighted by atomic mass is 9.85. The lowest BCUT2D eigenvalue weighted by Gasteiger charge is -2.20. The van der Waals surface area contributed by atoms with Crippen molar-refractivity contribution in [1.29, 1.82) is 0 Å². The molecule has 1 rings (SSSR count). The van der Waals surface area contributed by atoms with E-state index in [0.717, 1.165) is 18.0 Å². The third kappa shape index (κ3) is 2.96. The standard InChI is InChI=1S/C12H16N2O3/c1-12(2,3)10-4-8(6-13-16)11(15)9(5-10)7-14-17/h4-7,15-17H,1-3H3/b13-6+,14-7+. The number of phenolic OH excluding ortho intramolecular Hbond substituents is 1. The van der Waals surface area contributed by atoms with E-state index < -0.39 is 0 Å². The molecule has 0 spiro atoms. The molecule has 5 heteroatoms. The average Bonchev–Trinajstić information content (AvgIpc) is 2.22. The van der Waals surface area contributed by atoms with E-state index in [4.69, 9.17) is 10.4 Å². The van der Waals surface area contributed by atoms with Crippen LogP contribution in [0.15, 0.2) is 22.4 Å². The molecule has 0 aromatic heterocycles. The van der Waals surface area contributed by atoms with E-state index >= 15 is 0 Å². The highest BCUT2D eigenvalue weighted by Crippen LogP contribution is 2.29. The first-order valence-corrected chi connectivity index (χ1v) is 5.12. The van der Waals surface area contributed by atoms with Gasteiger partial charge in [0, 0.05) is 11.1 Å². The number of rotatable bonds is 2. The second-order valence-corrected chi connectivity index (χ2v) is 4.74. The third-order valence-electron chi connectivity index (χ3n) is 2.43. The Morgan fingerprint density at radius 1 is 1.00 bits per heavy atom. The third-order valence-corrected chi connectivity index (χ3v) is 2.43. The molecule has 92 valence electrons.